The van der Waals surface area contributed by atoms with E-state index in [0.717, 1.165) is 12.0 Å². The van der Waals surface area contributed by atoms with Crippen LogP contribution in [0.1, 0.15) is 29.3 Å². The minimum Gasteiger partial charge on any atom is -0.504 e. The summed E-state index contributed by atoms with van der Waals surface area (Å²) in [5.74, 6) is 0.958. The lowest BCUT2D eigenvalue weighted by molar-refractivity contribution is 0.0950. The summed E-state index contributed by atoms with van der Waals surface area (Å²) >= 11 is 0. The third-order valence-corrected chi connectivity index (χ3v) is 3.27. The summed E-state index contributed by atoms with van der Waals surface area (Å²) in [4.78, 5) is 12.2. The summed E-state index contributed by atoms with van der Waals surface area (Å²) in [7, 11) is 1.49. The van der Waals surface area contributed by atoms with Gasteiger partial charge in [-0.3, -0.25) is 4.79 Å². The maximum Gasteiger partial charge on any atom is 0.251 e. The molecule has 0 aliphatic heterocycles. The summed E-state index contributed by atoms with van der Waals surface area (Å²) < 4.78 is 10.6. The van der Waals surface area contributed by atoms with Crippen LogP contribution in [0, 0.1) is 0 Å². The first-order valence-electron chi connectivity index (χ1n) is 7.51. The molecule has 0 bridgehead atoms. The molecular weight excluding hydrogens is 294 g/mol. The van der Waals surface area contributed by atoms with Gasteiger partial charge in [-0.1, -0.05) is 19.1 Å². The molecule has 0 aliphatic carbocycles. The van der Waals surface area contributed by atoms with Gasteiger partial charge in [0.15, 0.2) is 11.5 Å². The lowest BCUT2D eigenvalue weighted by Gasteiger charge is -2.09. The zero-order chi connectivity index (χ0) is 16.7. The first-order chi connectivity index (χ1) is 11.1. The molecular formula is C18H21NO4. The minimum absolute atomic E-state index is 0.0725. The molecule has 2 N–H and O–H groups in total. The highest BCUT2D eigenvalue weighted by Gasteiger charge is 2.08. The fourth-order valence-corrected chi connectivity index (χ4v) is 2.06. The standard InChI is InChI=1S/C18H21NO4/c1-3-9-23-15-6-4-5-14(11-15)18(21)19-12-13-7-8-16(20)17(10-13)22-2/h4-8,10-11,20H,3,9,12H2,1-2H3,(H,19,21). The summed E-state index contributed by atoms with van der Waals surface area (Å²) in [5, 5.41) is 12.4. The predicted octanol–water partition coefficient (Wildman–Crippen LogP) is 3.12. The number of carbonyl (C=O) groups excluding carboxylic acids is 1. The van der Waals surface area contributed by atoms with Crippen LogP contribution in [0.25, 0.3) is 0 Å². The number of phenols is 1. The number of methoxy groups -OCH3 is 1. The number of carbonyl (C=O) groups is 1. The van der Waals surface area contributed by atoms with Crippen LogP contribution in [-0.2, 0) is 6.54 Å². The van der Waals surface area contributed by atoms with Gasteiger partial charge < -0.3 is 19.9 Å². The van der Waals surface area contributed by atoms with Crippen molar-refractivity contribution in [2.24, 2.45) is 0 Å². The lowest BCUT2D eigenvalue weighted by atomic mass is 10.1. The maximum absolute atomic E-state index is 12.2. The molecule has 122 valence electrons. The van der Waals surface area contributed by atoms with E-state index in [9.17, 15) is 9.90 Å². The number of aromatic hydroxyl groups is 1. The van der Waals surface area contributed by atoms with Gasteiger partial charge in [-0.15, -0.1) is 0 Å². The SMILES string of the molecule is CCCOc1cccc(C(=O)NCc2ccc(O)c(OC)c2)c1. The minimum atomic E-state index is -0.181. The summed E-state index contributed by atoms with van der Waals surface area (Å²) in [5.41, 5.74) is 1.38. The highest BCUT2D eigenvalue weighted by Crippen LogP contribution is 2.26. The molecule has 0 heterocycles. The van der Waals surface area contributed by atoms with E-state index < -0.39 is 0 Å². The smallest absolute Gasteiger partial charge is 0.251 e. The van der Waals surface area contributed by atoms with E-state index >= 15 is 0 Å². The molecule has 0 aromatic heterocycles. The zero-order valence-electron chi connectivity index (χ0n) is 13.3. The first-order valence-corrected chi connectivity index (χ1v) is 7.51. The third kappa shape index (κ3) is 4.64. The molecule has 23 heavy (non-hydrogen) atoms. The van der Waals surface area contributed by atoms with Crippen LogP contribution < -0.4 is 14.8 Å². The summed E-state index contributed by atoms with van der Waals surface area (Å²) in [6.45, 7) is 3.00. The molecule has 0 aliphatic rings. The molecule has 2 rings (SSSR count). The monoisotopic (exact) mass is 315 g/mol. The third-order valence-electron chi connectivity index (χ3n) is 3.27. The number of hydrogen-bond donors (Lipinski definition) is 2. The van der Waals surface area contributed by atoms with Gasteiger partial charge in [0.1, 0.15) is 5.75 Å². The van der Waals surface area contributed by atoms with Crippen molar-refractivity contribution in [3.05, 3.63) is 53.6 Å². The Morgan fingerprint density at radius 1 is 1.22 bits per heavy atom. The first kappa shape index (κ1) is 16.7. The van der Waals surface area contributed by atoms with Crippen LogP contribution in [0.15, 0.2) is 42.5 Å². The molecule has 1 amide bonds. The van der Waals surface area contributed by atoms with Gasteiger partial charge in [-0.25, -0.2) is 0 Å². The van der Waals surface area contributed by atoms with E-state index in [2.05, 4.69) is 5.32 Å². The molecule has 5 heteroatoms. The number of phenolic OH excluding ortho intramolecular Hbond substituents is 1. The Morgan fingerprint density at radius 2 is 2.04 bits per heavy atom. The van der Waals surface area contributed by atoms with Gasteiger partial charge in [0, 0.05) is 12.1 Å². The molecule has 5 nitrogen and oxygen atoms in total. The number of nitrogens with one attached hydrogen (secondary N) is 1. The fourth-order valence-electron chi connectivity index (χ4n) is 2.06. The van der Waals surface area contributed by atoms with E-state index in [-0.39, 0.29) is 11.7 Å². The maximum atomic E-state index is 12.2. The van der Waals surface area contributed by atoms with Gasteiger partial charge >= 0.3 is 0 Å². The Morgan fingerprint density at radius 3 is 2.78 bits per heavy atom. The van der Waals surface area contributed by atoms with Gasteiger partial charge in [-0.2, -0.15) is 0 Å². The van der Waals surface area contributed by atoms with Gasteiger partial charge in [0.25, 0.3) is 5.91 Å². The average molecular weight is 315 g/mol. The van der Waals surface area contributed by atoms with Crippen molar-refractivity contribution < 1.29 is 19.4 Å². The highest BCUT2D eigenvalue weighted by molar-refractivity contribution is 5.94. The molecule has 0 atom stereocenters. The quantitative estimate of drug-likeness (QED) is 0.824. The van der Waals surface area contributed by atoms with Gasteiger partial charge in [0.2, 0.25) is 0 Å². The second-order valence-corrected chi connectivity index (χ2v) is 5.07. The van der Waals surface area contributed by atoms with Crippen molar-refractivity contribution in [1.82, 2.24) is 5.32 Å². The van der Waals surface area contributed by atoms with Gasteiger partial charge in [-0.05, 0) is 42.3 Å². The van der Waals surface area contributed by atoms with Crippen LogP contribution >= 0.6 is 0 Å². The van der Waals surface area contributed by atoms with Crippen LogP contribution in [0.2, 0.25) is 0 Å². The molecule has 0 fully saturated rings. The fraction of sp³-hybridized carbons (Fsp3) is 0.278. The zero-order valence-corrected chi connectivity index (χ0v) is 13.3. The molecule has 2 aromatic rings. The van der Waals surface area contributed by atoms with Crippen molar-refractivity contribution in [3.8, 4) is 17.2 Å². The largest absolute Gasteiger partial charge is 0.504 e. The highest BCUT2D eigenvalue weighted by atomic mass is 16.5. The molecule has 0 radical (unpaired) electrons. The predicted molar refractivity (Wildman–Crippen MR) is 88.1 cm³/mol. The number of hydrogen-bond acceptors (Lipinski definition) is 4. The van der Waals surface area contributed by atoms with Crippen molar-refractivity contribution in [1.29, 1.82) is 0 Å². The average Bonchev–Trinajstić information content (AvgIpc) is 2.59. The van der Waals surface area contributed by atoms with Crippen molar-refractivity contribution in [3.63, 3.8) is 0 Å². The number of amides is 1. The van der Waals surface area contributed by atoms with Crippen molar-refractivity contribution >= 4 is 5.91 Å². The number of ether oxygens (including phenoxy) is 2. The lowest BCUT2D eigenvalue weighted by Crippen LogP contribution is -2.22. The van der Waals surface area contributed by atoms with E-state index in [1.54, 1.807) is 36.4 Å². The molecule has 0 saturated heterocycles. The Kier molecular flexibility index (Phi) is 5.86. The van der Waals surface area contributed by atoms with Gasteiger partial charge in [0.05, 0.1) is 13.7 Å². The second-order valence-electron chi connectivity index (χ2n) is 5.07. The summed E-state index contributed by atoms with van der Waals surface area (Å²) in [6.07, 6.45) is 0.916. The Bertz CT molecular complexity index is 670. The Balaban J connectivity index is 1.99. The van der Waals surface area contributed by atoms with E-state index in [1.807, 2.05) is 13.0 Å². The molecule has 2 aromatic carbocycles. The van der Waals surface area contributed by atoms with Crippen LogP contribution in [0.5, 0.6) is 17.2 Å². The topological polar surface area (TPSA) is 67.8 Å². The molecule has 0 spiro atoms. The van der Waals surface area contributed by atoms with Crippen molar-refractivity contribution in [2.75, 3.05) is 13.7 Å². The normalized spacial score (nSPS) is 10.2. The summed E-state index contributed by atoms with van der Waals surface area (Å²) in [6, 6.07) is 12.1. The molecule has 0 saturated carbocycles. The number of benzene rings is 2. The molecule has 0 unspecified atom stereocenters. The van der Waals surface area contributed by atoms with E-state index in [1.165, 1.54) is 7.11 Å². The Labute approximate surface area is 135 Å². The van der Waals surface area contributed by atoms with Crippen LogP contribution in [0.4, 0.5) is 0 Å². The van der Waals surface area contributed by atoms with Crippen LogP contribution in [-0.4, -0.2) is 24.7 Å². The Hall–Kier alpha value is -2.69. The van der Waals surface area contributed by atoms with E-state index in [0.29, 0.717) is 30.2 Å². The number of rotatable bonds is 7. The second kappa shape index (κ2) is 8.08. The van der Waals surface area contributed by atoms with E-state index in [4.69, 9.17) is 9.47 Å². The van der Waals surface area contributed by atoms with Crippen molar-refractivity contribution in [2.45, 2.75) is 19.9 Å². The van der Waals surface area contributed by atoms with Crippen LogP contribution in [0.3, 0.4) is 0 Å².